The van der Waals surface area contributed by atoms with Gasteiger partial charge in [0, 0.05) is 5.92 Å². The van der Waals surface area contributed by atoms with Gasteiger partial charge in [0.1, 0.15) is 0 Å². The van der Waals surface area contributed by atoms with E-state index in [0.29, 0.717) is 54.3 Å². The first kappa shape index (κ1) is 33.1. The Balaban J connectivity index is 0.00000153. The van der Waals surface area contributed by atoms with Crippen molar-refractivity contribution in [2.75, 3.05) is 0 Å². The van der Waals surface area contributed by atoms with Gasteiger partial charge in [-0.3, -0.25) is 47.1 Å². The fourth-order valence-corrected chi connectivity index (χ4v) is 13.6. The van der Waals surface area contributed by atoms with E-state index in [0.717, 1.165) is 30.2 Å². The molecule has 5 aliphatic heterocycles. The molecule has 0 aromatic heterocycles. The molecule has 5 heterocycles. The fourth-order valence-electron chi connectivity index (χ4n) is 12.3. The predicted molar refractivity (Wildman–Crippen MR) is 169 cm³/mol. The molecule has 0 amide bonds. The SMILES string of the molecule is O=S(=O)(O)C1CCCC2C3NC4NC(NC5NC(NC6NC(NC(N3)C21)C1CCCCC61)C1CCCCC51)C1CCCCC41.[O]=[V]. The summed E-state index contributed by atoms with van der Waals surface area (Å²) in [5.74, 6) is 3.50. The first-order valence-corrected chi connectivity index (χ1v) is 20.7. The van der Waals surface area contributed by atoms with Crippen molar-refractivity contribution in [3.05, 3.63) is 0 Å². The van der Waals surface area contributed by atoms with Crippen LogP contribution in [0.3, 0.4) is 0 Å². The molecule has 8 bridgehead atoms. The normalized spacial score (nSPS) is 53.2. The molecular weight excluding hydrogens is 643 g/mol. The van der Waals surface area contributed by atoms with Gasteiger partial charge >= 0.3 is 21.0 Å². The standard InChI is InChI=1S/C32H56N8O3S.O.V/c41-44(42,43)23-15-7-14-22-24(23)32-39-30-21-13-6-5-12-20(21)28(37-30)35-26-17-9-2-1-8-16(17)25(33-26)34-27-18-10-3-4-11-19(18)29(36-27)38-31(22)40-32;;/h16-40H,1-15H2,(H,41,42,43);;. The monoisotopic (exact) mass is 699 g/mol. The third kappa shape index (κ3) is 5.94. The summed E-state index contributed by atoms with van der Waals surface area (Å²) in [5, 5.41) is 31.8. The third-order valence-corrected chi connectivity index (χ3v) is 15.5. The van der Waals surface area contributed by atoms with E-state index in [1.54, 1.807) is 0 Å². The summed E-state index contributed by atoms with van der Waals surface area (Å²) in [6, 6.07) is 0. The number of hydrogen-bond acceptors (Lipinski definition) is 11. The van der Waals surface area contributed by atoms with Crippen LogP contribution in [0.15, 0.2) is 0 Å². The minimum atomic E-state index is -4.16. The molecule has 0 spiro atoms. The number of rotatable bonds is 1. The van der Waals surface area contributed by atoms with Crippen molar-refractivity contribution >= 4 is 10.1 Å². The third-order valence-electron chi connectivity index (χ3n) is 14.2. The summed E-state index contributed by atoms with van der Waals surface area (Å²) in [4.78, 5) is 0. The second-order valence-corrected chi connectivity index (χ2v) is 17.9. The zero-order valence-electron chi connectivity index (χ0n) is 26.9. The molecule has 9 rings (SSSR count). The predicted octanol–water partition coefficient (Wildman–Crippen LogP) is 1.35. The van der Waals surface area contributed by atoms with E-state index in [9.17, 15) is 13.0 Å². The van der Waals surface area contributed by atoms with Crippen LogP contribution in [-0.2, 0) is 31.2 Å². The summed E-state index contributed by atoms with van der Waals surface area (Å²) in [6.07, 6.45) is 18.9. The van der Waals surface area contributed by atoms with Crippen LogP contribution in [0.4, 0.5) is 0 Å². The average Bonchev–Trinajstić information content (AvgIpc) is 3.81. The molecule has 12 nitrogen and oxygen atoms in total. The van der Waals surface area contributed by atoms with Gasteiger partial charge in [-0.25, -0.2) is 0 Å². The molecular formula is C32H56N8O4SV. The molecule has 17 unspecified atom stereocenters. The van der Waals surface area contributed by atoms with Gasteiger partial charge in [-0.15, -0.1) is 0 Å². The maximum absolute atomic E-state index is 12.8. The molecule has 46 heavy (non-hydrogen) atoms. The van der Waals surface area contributed by atoms with Gasteiger partial charge in [0.2, 0.25) is 0 Å². The van der Waals surface area contributed by atoms with Crippen LogP contribution in [0, 0.1) is 47.3 Å². The van der Waals surface area contributed by atoms with E-state index in [1.807, 2.05) is 0 Å². The topological polar surface area (TPSA) is 168 Å². The van der Waals surface area contributed by atoms with Crippen LogP contribution in [0.1, 0.15) is 96.3 Å². The Bertz CT molecular complexity index is 1200. The van der Waals surface area contributed by atoms with E-state index in [2.05, 4.69) is 42.5 Å². The van der Waals surface area contributed by atoms with Crippen molar-refractivity contribution < 1.29 is 34.0 Å². The van der Waals surface area contributed by atoms with Gasteiger partial charge in [0.05, 0.1) is 54.6 Å². The zero-order valence-corrected chi connectivity index (χ0v) is 29.2. The Morgan fingerprint density at radius 1 is 0.391 bits per heavy atom. The van der Waals surface area contributed by atoms with E-state index in [4.69, 9.17) is 3.67 Å². The minimum absolute atomic E-state index is 0.00275. The van der Waals surface area contributed by atoms with Crippen LogP contribution in [0.2, 0.25) is 0 Å². The number of nitrogens with one attached hydrogen (secondary N) is 8. The molecule has 0 aromatic rings. The summed E-state index contributed by atoms with van der Waals surface area (Å²) in [5.41, 5.74) is 0. The van der Waals surface area contributed by atoms with Crippen molar-refractivity contribution in [3.8, 4) is 0 Å². The summed E-state index contributed by atoms with van der Waals surface area (Å²) < 4.78 is 44.3. The maximum atomic E-state index is 12.8. The molecule has 0 radical (unpaired) electrons. The molecule has 9 N–H and O–H groups in total. The first-order valence-electron chi connectivity index (χ1n) is 18.7. The van der Waals surface area contributed by atoms with Gasteiger partial charge < -0.3 is 0 Å². The molecule has 5 saturated heterocycles. The summed E-state index contributed by atoms with van der Waals surface area (Å²) >= 11 is 1.06. The van der Waals surface area contributed by atoms with E-state index in [1.165, 1.54) is 77.0 Å². The van der Waals surface area contributed by atoms with Crippen LogP contribution in [0.25, 0.3) is 0 Å². The fraction of sp³-hybridized carbons (Fsp3) is 1.00. The second kappa shape index (κ2) is 13.6. The van der Waals surface area contributed by atoms with Gasteiger partial charge in [-0.05, 0) is 92.8 Å². The van der Waals surface area contributed by atoms with Crippen LogP contribution >= 0.6 is 0 Å². The van der Waals surface area contributed by atoms with Gasteiger partial charge in [-0.2, -0.15) is 8.42 Å². The average molecular weight is 700 g/mol. The van der Waals surface area contributed by atoms with Crippen molar-refractivity contribution in [2.45, 2.75) is 151 Å². The van der Waals surface area contributed by atoms with Gasteiger partial charge in [-0.1, -0.05) is 44.9 Å². The Morgan fingerprint density at radius 3 is 0.957 bits per heavy atom. The van der Waals surface area contributed by atoms with E-state index < -0.39 is 15.4 Å². The Hall–Kier alpha value is -0.0256. The molecule has 14 heteroatoms. The molecule has 0 aromatic carbocycles. The first-order chi connectivity index (χ1) is 22.4. The van der Waals surface area contributed by atoms with Crippen LogP contribution in [0.5, 0.6) is 0 Å². The van der Waals surface area contributed by atoms with Gasteiger partial charge in [0.25, 0.3) is 10.1 Å². The molecule has 4 saturated carbocycles. The van der Waals surface area contributed by atoms with Crippen molar-refractivity contribution in [3.63, 3.8) is 0 Å². The van der Waals surface area contributed by atoms with E-state index >= 15 is 0 Å². The number of fused-ring (bicyclic) bond motifs is 20. The Morgan fingerprint density at radius 2 is 0.652 bits per heavy atom. The van der Waals surface area contributed by atoms with Crippen molar-refractivity contribution in [1.29, 1.82) is 0 Å². The summed E-state index contributed by atoms with van der Waals surface area (Å²) in [7, 11) is -4.16. The van der Waals surface area contributed by atoms with Crippen LogP contribution in [-0.4, -0.2) is 67.5 Å². The second-order valence-electron chi connectivity index (χ2n) is 16.2. The van der Waals surface area contributed by atoms with Gasteiger partial charge in [0.15, 0.2) is 0 Å². The molecule has 17 atom stereocenters. The van der Waals surface area contributed by atoms with E-state index in [-0.39, 0.29) is 48.8 Å². The summed E-state index contributed by atoms with van der Waals surface area (Å²) in [6.45, 7) is 0. The quantitative estimate of drug-likeness (QED) is 0.181. The molecule has 259 valence electrons. The zero-order chi connectivity index (χ0) is 31.6. The number of hydrogen-bond donors (Lipinski definition) is 9. The van der Waals surface area contributed by atoms with Crippen LogP contribution < -0.4 is 42.5 Å². The Kier molecular flexibility index (Phi) is 9.80. The molecule has 4 aliphatic carbocycles. The van der Waals surface area contributed by atoms with Crippen molar-refractivity contribution in [2.24, 2.45) is 47.3 Å². The molecule has 9 aliphatic rings. The molecule has 9 fully saturated rings. The van der Waals surface area contributed by atoms with Crippen molar-refractivity contribution in [1.82, 2.24) is 42.5 Å². The Labute approximate surface area is 284 Å².